The minimum absolute atomic E-state index is 0.0555. The van der Waals surface area contributed by atoms with Crippen molar-refractivity contribution in [3.8, 4) is 0 Å². The summed E-state index contributed by atoms with van der Waals surface area (Å²) in [5, 5.41) is 3.53. The van der Waals surface area contributed by atoms with Gasteiger partial charge in [-0.1, -0.05) is 29.8 Å². The maximum Gasteiger partial charge on any atom is 0.252 e. The Morgan fingerprint density at radius 1 is 1.30 bits per heavy atom. The van der Waals surface area contributed by atoms with Gasteiger partial charge in [-0.25, -0.2) is 4.98 Å². The topological polar surface area (TPSA) is 62.3 Å². The van der Waals surface area contributed by atoms with Crippen LogP contribution in [0, 0.1) is 0 Å². The Labute approximate surface area is 121 Å². The molecule has 0 radical (unpaired) electrons. The Morgan fingerprint density at radius 3 is 2.70 bits per heavy atom. The highest BCUT2D eigenvalue weighted by Crippen LogP contribution is 2.20. The van der Waals surface area contributed by atoms with Crippen LogP contribution >= 0.6 is 11.6 Å². The zero-order valence-corrected chi connectivity index (χ0v) is 11.9. The van der Waals surface area contributed by atoms with Crippen molar-refractivity contribution in [2.75, 3.05) is 20.6 Å². The van der Waals surface area contributed by atoms with Gasteiger partial charge >= 0.3 is 0 Å². The number of nitrogens with one attached hydrogen (secondary N) is 1. The van der Waals surface area contributed by atoms with Gasteiger partial charge in [-0.2, -0.15) is 0 Å². The van der Waals surface area contributed by atoms with E-state index in [0.29, 0.717) is 16.5 Å². The normalized spacial score (nSPS) is 10.3. The number of benzene rings is 1. The van der Waals surface area contributed by atoms with Crippen molar-refractivity contribution in [2.24, 2.45) is 0 Å². The summed E-state index contributed by atoms with van der Waals surface area (Å²) in [5.41, 5.74) is 1.05. The Kier molecular flexibility index (Phi) is 4.20. The number of amides is 2. The fourth-order valence-corrected chi connectivity index (χ4v) is 1.94. The third-order valence-corrected chi connectivity index (χ3v) is 3.02. The minimum Gasteiger partial charge on any atom is -0.347 e. The van der Waals surface area contributed by atoms with Gasteiger partial charge in [-0.15, -0.1) is 0 Å². The van der Waals surface area contributed by atoms with Gasteiger partial charge < -0.3 is 10.2 Å². The van der Waals surface area contributed by atoms with Crippen molar-refractivity contribution in [3.63, 3.8) is 0 Å². The molecule has 0 atom stereocenters. The molecule has 2 aromatic rings. The lowest BCUT2D eigenvalue weighted by Crippen LogP contribution is -2.36. The van der Waals surface area contributed by atoms with Crippen LogP contribution < -0.4 is 5.32 Å². The highest BCUT2D eigenvalue weighted by Gasteiger charge is 2.13. The van der Waals surface area contributed by atoms with Crippen molar-refractivity contribution in [2.45, 2.75) is 0 Å². The molecule has 0 saturated heterocycles. The summed E-state index contributed by atoms with van der Waals surface area (Å²) in [6.45, 7) is -0.0555. The molecular formula is C14H14ClN3O2. The lowest BCUT2D eigenvalue weighted by Gasteiger charge is -2.12. The van der Waals surface area contributed by atoms with Crippen LogP contribution in [0.5, 0.6) is 0 Å². The number of aromatic nitrogens is 1. The quantitative estimate of drug-likeness (QED) is 0.876. The summed E-state index contributed by atoms with van der Waals surface area (Å²) in [5.74, 6) is -0.525. The molecule has 5 nitrogen and oxygen atoms in total. The number of hydrogen-bond acceptors (Lipinski definition) is 3. The summed E-state index contributed by atoms with van der Waals surface area (Å²) >= 11 is 5.91. The molecule has 1 heterocycles. The first-order valence-electron chi connectivity index (χ1n) is 6.02. The van der Waals surface area contributed by atoms with Gasteiger partial charge in [0.25, 0.3) is 5.91 Å². The monoisotopic (exact) mass is 291 g/mol. The van der Waals surface area contributed by atoms with Crippen molar-refractivity contribution in [1.82, 2.24) is 15.2 Å². The van der Waals surface area contributed by atoms with E-state index in [2.05, 4.69) is 10.3 Å². The van der Waals surface area contributed by atoms with E-state index in [1.165, 1.54) is 11.0 Å². The molecule has 0 fully saturated rings. The lowest BCUT2D eigenvalue weighted by molar-refractivity contribution is -0.127. The van der Waals surface area contributed by atoms with Crippen LogP contribution in [-0.4, -0.2) is 42.3 Å². The number of rotatable bonds is 3. The van der Waals surface area contributed by atoms with Gasteiger partial charge in [-0.3, -0.25) is 9.59 Å². The van der Waals surface area contributed by atoms with Crippen molar-refractivity contribution < 1.29 is 9.59 Å². The Balaban J connectivity index is 2.28. The maximum absolute atomic E-state index is 12.2. The first-order chi connectivity index (χ1) is 9.49. The Hall–Kier alpha value is -2.14. The molecule has 1 N–H and O–H groups in total. The number of carbonyl (C=O) groups is 2. The minimum atomic E-state index is -0.347. The molecule has 1 aromatic heterocycles. The molecule has 104 valence electrons. The van der Waals surface area contributed by atoms with E-state index < -0.39 is 0 Å². The van der Waals surface area contributed by atoms with Crippen molar-refractivity contribution in [3.05, 3.63) is 41.0 Å². The van der Waals surface area contributed by atoms with E-state index >= 15 is 0 Å². The molecule has 0 aliphatic rings. The fraction of sp³-hybridized carbons (Fsp3) is 0.214. The summed E-state index contributed by atoms with van der Waals surface area (Å²) < 4.78 is 0. The first kappa shape index (κ1) is 14.3. The molecular weight excluding hydrogens is 278 g/mol. The zero-order chi connectivity index (χ0) is 14.7. The second kappa shape index (κ2) is 5.88. The number of halogens is 1. The molecule has 0 bridgehead atoms. The Morgan fingerprint density at radius 2 is 2.00 bits per heavy atom. The highest BCUT2D eigenvalue weighted by atomic mass is 35.5. The maximum atomic E-state index is 12.2. The molecule has 6 heteroatoms. The molecule has 0 unspecified atom stereocenters. The van der Waals surface area contributed by atoms with Gasteiger partial charge in [0, 0.05) is 19.5 Å². The number of carbonyl (C=O) groups excluding carboxylic acids is 2. The molecule has 20 heavy (non-hydrogen) atoms. The SMILES string of the molecule is CN(C)C(=O)CNC(=O)c1cc(Cl)nc2ccccc12. The van der Waals surface area contributed by atoms with E-state index in [9.17, 15) is 9.59 Å². The molecule has 2 amide bonds. The van der Waals surface area contributed by atoms with Crippen LogP contribution in [0.4, 0.5) is 0 Å². The van der Waals surface area contributed by atoms with Crippen molar-refractivity contribution in [1.29, 1.82) is 0 Å². The van der Waals surface area contributed by atoms with E-state index in [1.807, 2.05) is 12.1 Å². The highest BCUT2D eigenvalue weighted by molar-refractivity contribution is 6.30. The largest absolute Gasteiger partial charge is 0.347 e. The van der Waals surface area contributed by atoms with E-state index in [0.717, 1.165) is 0 Å². The standard InChI is InChI=1S/C14H14ClN3O2/c1-18(2)13(19)8-16-14(20)10-7-12(15)17-11-6-4-3-5-9(10)11/h3-7H,8H2,1-2H3,(H,16,20). The predicted octanol–water partition coefficient (Wildman–Crippen LogP) is 1.71. The number of fused-ring (bicyclic) bond motifs is 1. The average Bonchev–Trinajstić information content (AvgIpc) is 2.43. The first-order valence-corrected chi connectivity index (χ1v) is 6.40. The number of para-hydroxylation sites is 1. The molecule has 0 aliphatic heterocycles. The third kappa shape index (κ3) is 3.05. The lowest BCUT2D eigenvalue weighted by atomic mass is 10.1. The number of pyridine rings is 1. The second-order valence-corrected chi connectivity index (χ2v) is 4.87. The summed E-state index contributed by atoms with van der Waals surface area (Å²) in [7, 11) is 3.26. The summed E-state index contributed by atoms with van der Waals surface area (Å²) in [6.07, 6.45) is 0. The predicted molar refractivity (Wildman–Crippen MR) is 77.8 cm³/mol. The van der Waals surface area contributed by atoms with Crippen molar-refractivity contribution >= 4 is 34.3 Å². The van der Waals surface area contributed by atoms with Gasteiger partial charge in [0.15, 0.2) is 0 Å². The number of likely N-dealkylation sites (N-methyl/N-ethyl adjacent to an activating group) is 1. The third-order valence-electron chi connectivity index (χ3n) is 2.83. The molecule has 0 spiro atoms. The fourth-order valence-electron chi connectivity index (χ4n) is 1.74. The number of nitrogens with zero attached hydrogens (tertiary/aromatic N) is 2. The van der Waals surface area contributed by atoms with Gasteiger partial charge in [-0.05, 0) is 12.1 Å². The van der Waals surface area contributed by atoms with Crippen LogP contribution in [0.2, 0.25) is 5.15 Å². The van der Waals surface area contributed by atoms with Crippen LogP contribution in [0.25, 0.3) is 10.9 Å². The van der Waals surface area contributed by atoms with Crippen LogP contribution in [-0.2, 0) is 4.79 Å². The zero-order valence-electron chi connectivity index (χ0n) is 11.2. The van der Waals surface area contributed by atoms with Gasteiger partial charge in [0.05, 0.1) is 17.6 Å². The molecule has 0 saturated carbocycles. The van der Waals surface area contributed by atoms with E-state index in [-0.39, 0.29) is 23.5 Å². The van der Waals surface area contributed by atoms with Gasteiger partial charge in [0.2, 0.25) is 5.91 Å². The molecule has 2 rings (SSSR count). The number of hydrogen-bond donors (Lipinski definition) is 1. The Bertz CT molecular complexity index is 671. The average molecular weight is 292 g/mol. The summed E-state index contributed by atoms with van der Waals surface area (Å²) in [6, 6.07) is 8.71. The van der Waals surface area contributed by atoms with E-state index in [4.69, 9.17) is 11.6 Å². The summed E-state index contributed by atoms with van der Waals surface area (Å²) in [4.78, 5) is 29.2. The van der Waals surface area contributed by atoms with Crippen LogP contribution in [0.3, 0.4) is 0 Å². The van der Waals surface area contributed by atoms with Crippen LogP contribution in [0.15, 0.2) is 30.3 Å². The second-order valence-electron chi connectivity index (χ2n) is 4.48. The molecule has 0 aliphatic carbocycles. The molecule has 1 aromatic carbocycles. The van der Waals surface area contributed by atoms with Crippen LogP contribution in [0.1, 0.15) is 10.4 Å². The van der Waals surface area contributed by atoms with E-state index in [1.54, 1.807) is 26.2 Å². The smallest absolute Gasteiger partial charge is 0.252 e. The van der Waals surface area contributed by atoms with Gasteiger partial charge in [0.1, 0.15) is 5.15 Å².